The van der Waals surface area contributed by atoms with Crippen molar-refractivity contribution in [3.8, 4) is 17.1 Å². The van der Waals surface area contributed by atoms with E-state index in [0.717, 1.165) is 21.8 Å². The number of aromatic carboxylic acids is 1. The van der Waals surface area contributed by atoms with Gasteiger partial charge in [-0.1, -0.05) is 78.9 Å². The van der Waals surface area contributed by atoms with Crippen LogP contribution in [0.3, 0.4) is 0 Å². The van der Waals surface area contributed by atoms with Crippen molar-refractivity contribution in [3.63, 3.8) is 0 Å². The van der Waals surface area contributed by atoms with Crippen LogP contribution in [0, 0.1) is 10.1 Å². The highest BCUT2D eigenvalue weighted by Gasteiger charge is 2.19. The minimum Gasteiger partial charge on any atom is -0.478 e. The number of nitrogens with zero attached hydrogens (tertiary/aromatic N) is 5. The number of imidazole rings is 1. The summed E-state index contributed by atoms with van der Waals surface area (Å²) in [5, 5.41) is 24.2. The van der Waals surface area contributed by atoms with Gasteiger partial charge in [0.2, 0.25) is 0 Å². The number of aromatic nitrogens is 2. The predicted molar refractivity (Wildman–Crippen MR) is 180 cm³/mol. The molecular formula is C34H33N7O9. The van der Waals surface area contributed by atoms with E-state index in [1.807, 2.05) is 43.3 Å². The number of hydrazone groups is 1. The van der Waals surface area contributed by atoms with Crippen molar-refractivity contribution in [2.45, 2.75) is 26.7 Å². The molecule has 1 heterocycles. The van der Waals surface area contributed by atoms with Crippen LogP contribution in [-0.4, -0.2) is 56.2 Å². The third-order valence-electron chi connectivity index (χ3n) is 7.31. The first-order valence-corrected chi connectivity index (χ1v) is 15.2. The smallest absolute Gasteiger partial charge is 0.478 e. The first-order chi connectivity index (χ1) is 24.1. The number of fused-ring (bicyclic) bond motifs is 1. The van der Waals surface area contributed by atoms with E-state index in [4.69, 9.17) is 25.8 Å². The van der Waals surface area contributed by atoms with Gasteiger partial charge in [-0.2, -0.15) is 10.1 Å². The summed E-state index contributed by atoms with van der Waals surface area (Å²) in [6.07, 6.45) is -0.994. The molecule has 0 amide bonds. The van der Waals surface area contributed by atoms with Crippen molar-refractivity contribution in [3.05, 3.63) is 129 Å². The van der Waals surface area contributed by atoms with E-state index < -0.39 is 23.9 Å². The number of rotatable bonds is 15. The zero-order chi connectivity index (χ0) is 35.6. The molecule has 0 bridgehead atoms. The highest BCUT2D eigenvalue weighted by molar-refractivity contribution is 6.03. The number of amidine groups is 1. The van der Waals surface area contributed by atoms with E-state index >= 15 is 0 Å². The molecule has 0 aliphatic rings. The molecule has 50 heavy (non-hydrogen) atoms. The third kappa shape index (κ3) is 8.61. The number of hydrogen-bond acceptors (Lipinski definition) is 12. The van der Waals surface area contributed by atoms with Crippen LogP contribution in [0.5, 0.6) is 6.01 Å². The largest absolute Gasteiger partial charge is 0.510 e. The van der Waals surface area contributed by atoms with Crippen LogP contribution in [0.4, 0.5) is 4.79 Å². The second kappa shape index (κ2) is 15.9. The van der Waals surface area contributed by atoms with Gasteiger partial charge in [-0.3, -0.25) is 4.57 Å². The molecule has 0 atom stereocenters. The van der Waals surface area contributed by atoms with Gasteiger partial charge in [-0.25, -0.2) is 15.4 Å². The van der Waals surface area contributed by atoms with Gasteiger partial charge in [0.15, 0.2) is 12.6 Å². The van der Waals surface area contributed by atoms with E-state index in [2.05, 4.69) is 14.9 Å². The van der Waals surface area contributed by atoms with Crippen molar-refractivity contribution in [1.29, 1.82) is 0 Å². The van der Waals surface area contributed by atoms with Gasteiger partial charge in [0.05, 0.1) is 29.7 Å². The molecule has 5 aromatic rings. The van der Waals surface area contributed by atoms with E-state index in [9.17, 15) is 24.8 Å². The van der Waals surface area contributed by atoms with Crippen LogP contribution in [0.1, 0.15) is 39.5 Å². The fourth-order valence-electron chi connectivity index (χ4n) is 5.04. The van der Waals surface area contributed by atoms with Crippen LogP contribution in [0.15, 0.2) is 96.1 Å². The first kappa shape index (κ1) is 34.6. The highest BCUT2D eigenvalue weighted by atomic mass is 16.9. The number of hydrazine groups is 1. The van der Waals surface area contributed by atoms with E-state index in [1.165, 1.54) is 6.07 Å². The number of carboxylic acid groups (broad SMARTS) is 1. The lowest BCUT2D eigenvalue weighted by atomic mass is 9.98. The lowest BCUT2D eigenvalue weighted by Crippen LogP contribution is -2.33. The Morgan fingerprint density at radius 1 is 0.920 bits per heavy atom. The molecule has 258 valence electrons. The zero-order valence-corrected chi connectivity index (χ0v) is 26.8. The van der Waals surface area contributed by atoms with Crippen molar-refractivity contribution in [2.24, 2.45) is 16.7 Å². The van der Waals surface area contributed by atoms with Crippen molar-refractivity contribution in [1.82, 2.24) is 14.7 Å². The number of para-hydroxylation sites is 1. The van der Waals surface area contributed by atoms with Gasteiger partial charge in [-0.05, 0) is 46.9 Å². The van der Waals surface area contributed by atoms with E-state index in [0.29, 0.717) is 46.9 Å². The standard InChI is InChI=1S/C34H33N7O9/c1-2-47-33-37-29-9-5-8-28(32(42)43)30(29)39(33)18-22-14-16-25(17-15-22)26-6-3-4-7-27(26)31(35)38-40(36)21-49-34(44)48-19-23-10-12-24(13-11-23)20-50-41(45)46/h3-17H,2,18-21,36H2,1H3,(H2,35,38)(H,42,43). The molecule has 4 aromatic carbocycles. The molecule has 5 N–H and O–H groups in total. The van der Waals surface area contributed by atoms with Crippen LogP contribution >= 0.6 is 0 Å². The summed E-state index contributed by atoms with van der Waals surface area (Å²) in [5.41, 5.74) is 11.7. The monoisotopic (exact) mass is 683 g/mol. The summed E-state index contributed by atoms with van der Waals surface area (Å²) in [6, 6.07) is 26.7. The minimum atomic E-state index is -1.06. The second-order valence-corrected chi connectivity index (χ2v) is 10.7. The lowest BCUT2D eigenvalue weighted by molar-refractivity contribution is -0.763. The zero-order valence-electron chi connectivity index (χ0n) is 26.8. The number of benzene rings is 4. The fraction of sp³-hybridized carbons (Fsp3) is 0.176. The van der Waals surface area contributed by atoms with Crippen molar-refractivity contribution in [2.75, 3.05) is 13.3 Å². The Morgan fingerprint density at radius 2 is 1.58 bits per heavy atom. The molecule has 1 aromatic heterocycles. The Hall–Kier alpha value is -6.68. The van der Waals surface area contributed by atoms with Gasteiger partial charge >= 0.3 is 12.1 Å². The Bertz CT molecular complexity index is 2010. The maximum absolute atomic E-state index is 12.1. The molecule has 0 unspecified atom stereocenters. The van der Waals surface area contributed by atoms with Gasteiger partial charge in [0, 0.05) is 5.56 Å². The molecule has 0 spiro atoms. The topological polar surface area (TPSA) is 220 Å². The second-order valence-electron chi connectivity index (χ2n) is 10.7. The van der Waals surface area contributed by atoms with Crippen molar-refractivity contribution >= 4 is 29.0 Å². The number of carbonyl (C=O) groups excluding carboxylic acids is 1. The van der Waals surface area contributed by atoms with E-state index in [-0.39, 0.29) is 24.6 Å². The predicted octanol–water partition coefficient (Wildman–Crippen LogP) is 4.66. The molecule has 0 fully saturated rings. The summed E-state index contributed by atoms with van der Waals surface area (Å²) in [7, 11) is 0. The summed E-state index contributed by atoms with van der Waals surface area (Å²) >= 11 is 0. The average Bonchev–Trinajstić information content (AvgIpc) is 3.46. The summed E-state index contributed by atoms with van der Waals surface area (Å²) in [4.78, 5) is 43.2. The lowest BCUT2D eigenvalue weighted by Gasteiger charge is -2.15. The number of carboxylic acids is 1. The molecule has 0 saturated heterocycles. The SMILES string of the molecule is CCOc1nc2cccc(C(=O)O)c2n1Cc1ccc(-c2ccccc2/C(N)=N/N(N)COC(=O)OCc2ccc(CO[N+](=O)[O-])cc2)cc1. The third-order valence-corrected chi connectivity index (χ3v) is 7.31. The summed E-state index contributed by atoms with van der Waals surface area (Å²) < 4.78 is 17.6. The quantitative estimate of drug-likeness (QED) is 0.0260. The van der Waals surface area contributed by atoms with Crippen LogP contribution < -0.4 is 16.3 Å². The normalized spacial score (nSPS) is 11.2. The van der Waals surface area contributed by atoms with Crippen molar-refractivity contribution < 1.29 is 38.8 Å². The highest BCUT2D eigenvalue weighted by Crippen LogP contribution is 2.28. The molecule has 0 aliphatic heterocycles. The van der Waals surface area contributed by atoms with Gasteiger partial charge in [0.1, 0.15) is 13.2 Å². The maximum Gasteiger partial charge on any atom is 0.510 e. The van der Waals surface area contributed by atoms with Crippen LogP contribution in [-0.2, 0) is 34.1 Å². The van der Waals surface area contributed by atoms with Gasteiger partial charge < -0.3 is 29.9 Å². The summed E-state index contributed by atoms with van der Waals surface area (Å²) in [5.74, 6) is 4.94. The average molecular weight is 684 g/mol. The summed E-state index contributed by atoms with van der Waals surface area (Å²) in [6.45, 7) is 1.77. The molecule has 16 heteroatoms. The number of hydrogen-bond donors (Lipinski definition) is 3. The molecule has 0 radical (unpaired) electrons. The van der Waals surface area contributed by atoms with Crippen LogP contribution in [0.25, 0.3) is 22.2 Å². The Balaban J connectivity index is 1.22. The van der Waals surface area contributed by atoms with Gasteiger partial charge in [0.25, 0.3) is 11.1 Å². The molecule has 0 aliphatic carbocycles. The Morgan fingerprint density at radius 3 is 2.26 bits per heavy atom. The molecular weight excluding hydrogens is 650 g/mol. The number of nitrogens with two attached hydrogens (primary N) is 2. The number of ether oxygens (including phenoxy) is 3. The first-order valence-electron chi connectivity index (χ1n) is 15.2. The van der Waals surface area contributed by atoms with Gasteiger partial charge in [-0.15, -0.1) is 15.2 Å². The Kier molecular flexibility index (Phi) is 11.0. The van der Waals surface area contributed by atoms with Crippen LogP contribution in [0.2, 0.25) is 0 Å². The van der Waals surface area contributed by atoms with E-state index in [1.54, 1.807) is 53.1 Å². The molecule has 5 rings (SSSR count). The molecule has 0 saturated carbocycles. The minimum absolute atomic E-state index is 0.0673. The molecule has 16 nitrogen and oxygen atoms in total. The Labute approximate surface area is 285 Å². The number of carbonyl (C=O) groups is 2. The fourth-order valence-corrected chi connectivity index (χ4v) is 5.04. The maximum atomic E-state index is 12.1.